The van der Waals surface area contributed by atoms with Crippen molar-refractivity contribution in [3.8, 4) is 5.75 Å². The number of amides is 1. The predicted octanol–water partition coefficient (Wildman–Crippen LogP) is 0.142. The lowest BCUT2D eigenvalue weighted by Crippen LogP contribution is -2.45. The van der Waals surface area contributed by atoms with Gasteiger partial charge in [0.15, 0.2) is 5.75 Å². The molecule has 1 amide bonds. The summed E-state index contributed by atoms with van der Waals surface area (Å²) in [5.74, 6) is 0.621. The molecule has 1 aliphatic rings. The van der Waals surface area contributed by atoms with Crippen LogP contribution < -0.4 is 10.1 Å². The highest BCUT2D eigenvalue weighted by molar-refractivity contribution is 5.78. The van der Waals surface area contributed by atoms with Crippen molar-refractivity contribution in [1.29, 1.82) is 0 Å². The zero-order chi connectivity index (χ0) is 16.2. The first-order valence-corrected chi connectivity index (χ1v) is 7.69. The first-order chi connectivity index (χ1) is 11.2. The monoisotopic (exact) mass is 319 g/mol. The van der Waals surface area contributed by atoms with Gasteiger partial charge in [-0.05, 0) is 13.0 Å². The molecule has 0 saturated carbocycles. The summed E-state index contributed by atoms with van der Waals surface area (Å²) in [5, 5.41) is 11.2. The van der Waals surface area contributed by atoms with Crippen LogP contribution in [0.2, 0.25) is 0 Å². The molecule has 1 saturated heterocycles. The zero-order valence-electron chi connectivity index (χ0n) is 13.3. The summed E-state index contributed by atoms with van der Waals surface area (Å²) in [7, 11) is 1.82. The first kappa shape index (κ1) is 15.5. The van der Waals surface area contributed by atoms with Crippen molar-refractivity contribution in [2.45, 2.75) is 32.0 Å². The number of hydrogen-bond donors (Lipinski definition) is 1. The normalized spacial score (nSPS) is 20.6. The molecule has 0 spiro atoms. The number of aromatic nitrogens is 4. The molecule has 2 aromatic heterocycles. The highest BCUT2D eigenvalue weighted by Crippen LogP contribution is 2.16. The maximum atomic E-state index is 12.2. The minimum atomic E-state index is -0.208. The van der Waals surface area contributed by atoms with Crippen LogP contribution in [-0.4, -0.2) is 50.8 Å². The second-order valence-electron chi connectivity index (χ2n) is 5.52. The van der Waals surface area contributed by atoms with E-state index >= 15 is 0 Å². The summed E-state index contributed by atoms with van der Waals surface area (Å²) >= 11 is 0. The van der Waals surface area contributed by atoms with E-state index in [9.17, 15) is 4.79 Å². The Bertz CT molecular complexity index is 666. The number of nitrogens with one attached hydrogen (secondary N) is 1. The molecule has 8 heteroatoms. The molecular formula is C15H21N5O3. The van der Waals surface area contributed by atoms with Crippen molar-refractivity contribution < 1.29 is 14.3 Å². The second-order valence-corrected chi connectivity index (χ2v) is 5.52. The van der Waals surface area contributed by atoms with Crippen LogP contribution in [0.15, 0.2) is 24.7 Å². The molecule has 0 aliphatic carbocycles. The van der Waals surface area contributed by atoms with Gasteiger partial charge in [-0.1, -0.05) is 0 Å². The minimum absolute atomic E-state index is 0.0676. The van der Waals surface area contributed by atoms with Crippen molar-refractivity contribution in [2.75, 3.05) is 13.2 Å². The van der Waals surface area contributed by atoms with Gasteiger partial charge >= 0.3 is 0 Å². The molecule has 2 atom stereocenters. The Hall–Kier alpha value is -2.35. The van der Waals surface area contributed by atoms with Crippen molar-refractivity contribution in [3.63, 3.8) is 0 Å². The zero-order valence-corrected chi connectivity index (χ0v) is 13.3. The van der Waals surface area contributed by atoms with Crippen molar-refractivity contribution in [1.82, 2.24) is 24.9 Å². The fourth-order valence-electron chi connectivity index (χ4n) is 2.54. The molecule has 0 aromatic carbocycles. The molecule has 23 heavy (non-hydrogen) atoms. The second kappa shape index (κ2) is 6.82. The molecule has 2 aromatic rings. The molecule has 1 N–H and O–H groups in total. The number of nitrogens with zero attached hydrogens (tertiary/aromatic N) is 4. The van der Waals surface area contributed by atoms with Crippen LogP contribution in [0.1, 0.15) is 12.6 Å². The third-order valence-electron chi connectivity index (χ3n) is 3.86. The molecule has 0 bridgehead atoms. The van der Waals surface area contributed by atoms with E-state index < -0.39 is 0 Å². The summed E-state index contributed by atoms with van der Waals surface area (Å²) < 4.78 is 14.8. The lowest BCUT2D eigenvalue weighted by Gasteiger charge is -2.19. The number of aryl methyl sites for hydroxylation is 2. The molecule has 8 nitrogen and oxygen atoms in total. The third-order valence-corrected chi connectivity index (χ3v) is 3.86. The topological polar surface area (TPSA) is 83.2 Å². The summed E-state index contributed by atoms with van der Waals surface area (Å²) in [6.45, 7) is 3.70. The number of ether oxygens (including phenoxy) is 2. The van der Waals surface area contributed by atoms with Gasteiger partial charge in [-0.2, -0.15) is 10.2 Å². The summed E-state index contributed by atoms with van der Waals surface area (Å²) in [6, 6.07) is 1.67. The van der Waals surface area contributed by atoms with E-state index in [0.717, 1.165) is 12.2 Å². The van der Waals surface area contributed by atoms with Crippen LogP contribution in [0.5, 0.6) is 5.75 Å². The minimum Gasteiger partial charge on any atom is -0.482 e. The molecule has 1 aliphatic heterocycles. The highest BCUT2D eigenvalue weighted by atomic mass is 16.5. The Morgan fingerprint density at radius 1 is 1.48 bits per heavy atom. The molecular weight excluding hydrogens is 298 g/mol. The lowest BCUT2D eigenvalue weighted by molar-refractivity contribution is -0.121. The fraction of sp³-hybridized carbons (Fsp3) is 0.533. The fourth-order valence-corrected chi connectivity index (χ4v) is 2.54. The van der Waals surface area contributed by atoms with Gasteiger partial charge in [0.2, 0.25) is 5.91 Å². The molecule has 1 fully saturated rings. The Balaban J connectivity index is 1.56. The predicted molar refractivity (Wildman–Crippen MR) is 82.0 cm³/mol. The Morgan fingerprint density at radius 2 is 2.35 bits per heavy atom. The first-order valence-electron chi connectivity index (χ1n) is 7.69. The van der Waals surface area contributed by atoms with E-state index in [0.29, 0.717) is 19.0 Å². The van der Waals surface area contributed by atoms with Crippen LogP contribution in [0.25, 0.3) is 0 Å². The quantitative estimate of drug-likeness (QED) is 0.819. The highest BCUT2D eigenvalue weighted by Gasteiger charge is 2.31. The SMILES string of the molecule is CCn1cc(O[C@@H]2COC[C@@H]2NC(=O)Cc2ccnn2C)cn1. The summed E-state index contributed by atoms with van der Waals surface area (Å²) in [5.41, 5.74) is 0.864. The Kier molecular flexibility index (Phi) is 4.61. The van der Waals surface area contributed by atoms with E-state index in [1.165, 1.54) is 0 Å². The van der Waals surface area contributed by atoms with Crippen LogP contribution in [0, 0.1) is 0 Å². The van der Waals surface area contributed by atoms with Gasteiger partial charge in [-0.25, -0.2) is 0 Å². The number of carbonyl (C=O) groups excluding carboxylic acids is 1. The van der Waals surface area contributed by atoms with Gasteiger partial charge in [-0.15, -0.1) is 0 Å². The largest absolute Gasteiger partial charge is 0.482 e. The molecule has 3 heterocycles. The van der Waals surface area contributed by atoms with Gasteiger partial charge in [0.05, 0.1) is 38.1 Å². The van der Waals surface area contributed by atoms with Gasteiger partial charge in [-0.3, -0.25) is 14.2 Å². The maximum absolute atomic E-state index is 12.2. The molecule has 124 valence electrons. The number of carbonyl (C=O) groups is 1. The lowest BCUT2D eigenvalue weighted by atomic mass is 10.2. The van der Waals surface area contributed by atoms with Gasteiger partial charge in [0, 0.05) is 25.5 Å². The van der Waals surface area contributed by atoms with Crippen molar-refractivity contribution in [2.24, 2.45) is 7.05 Å². The molecule has 0 radical (unpaired) electrons. The van der Waals surface area contributed by atoms with E-state index in [-0.39, 0.29) is 24.5 Å². The van der Waals surface area contributed by atoms with E-state index in [1.807, 2.05) is 26.2 Å². The maximum Gasteiger partial charge on any atom is 0.226 e. The molecule has 0 unspecified atom stereocenters. The summed E-state index contributed by atoms with van der Waals surface area (Å²) in [6.07, 6.45) is 5.27. The Morgan fingerprint density at radius 3 is 3.04 bits per heavy atom. The van der Waals surface area contributed by atoms with E-state index in [1.54, 1.807) is 21.8 Å². The van der Waals surface area contributed by atoms with Crippen LogP contribution >= 0.6 is 0 Å². The van der Waals surface area contributed by atoms with Crippen LogP contribution in [0.3, 0.4) is 0 Å². The van der Waals surface area contributed by atoms with Crippen LogP contribution in [-0.2, 0) is 29.5 Å². The summed E-state index contributed by atoms with van der Waals surface area (Å²) in [4.78, 5) is 12.2. The smallest absolute Gasteiger partial charge is 0.226 e. The average Bonchev–Trinajstić information content (AvgIpc) is 3.24. The molecule has 3 rings (SSSR count). The third kappa shape index (κ3) is 3.70. The Labute approximate surface area is 134 Å². The average molecular weight is 319 g/mol. The van der Waals surface area contributed by atoms with Crippen molar-refractivity contribution >= 4 is 5.91 Å². The van der Waals surface area contributed by atoms with Crippen molar-refractivity contribution in [3.05, 3.63) is 30.4 Å². The van der Waals surface area contributed by atoms with Gasteiger partial charge < -0.3 is 14.8 Å². The number of hydrogen-bond acceptors (Lipinski definition) is 5. The van der Waals surface area contributed by atoms with Crippen LogP contribution in [0.4, 0.5) is 0 Å². The number of rotatable bonds is 6. The van der Waals surface area contributed by atoms with Gasteiger partial charge in [0.1, 0.15) is 6.10 Å². The van der Waals surface area contributed by atoms with E-state index in [4.69, 9.17) is 9.47 Å². The van der Waals surface area contributed by atoms with E-state index in [2.05, 4.69) is 15.5 Å². The standard InChI is InChI=1S/C15H21N5O3/c1-3-20-8-12(7-17-20)23-14-10-22-9-13(14)18-15(21)6-11-4-5-16-19(11)2/h4-5,7-8,13-14H,3,6,9-10H2,1-2H3,(H,18,21)/t13-,14+/m0/s1. The van der Waals surface area contributed by atoms with Gasteiger partial charge in [0.25, 0.3) is 0 Å².